The van der Waals surface area contributed by atoms with Crippen LogP contribution in [0.5, 0.6) is 0 Å². The van der Waals surface area contributed by atoms with Crippen molar-refractivity contribution in [2.24, 2.45) is 0 Å². The van der Waals surface area contributed by atoms with Gasteiger partial charge >= 0.3 is 7.94 Å². The highest BCUT2D eigenvalue weighted by Crippen LogP contribution is 2.43. The average Bonchev–Trinajstić information content (AvgIpc) is 2.19. The van der Waals surface area contributed by atoms with Gasteiger partial charge in [-0.3, -0.25) is 0 Å². The van der Waals surface area contributed by atoms with Crippen molar-refractivity contribution in [3.63, 3.8) is 0 Å². The van der Waals surface area contributed by atoms with E-state index in [1.165, 1.54) is 6.07 Å². The molecule has 0 spiro atoms. The van der Waals surface area contributed by atoms with Crippen LogP contribution in [-0.2, 0) is 0 Å². The molecule has 0 saturated carbocycles. The molecule has 0 aliphatic heterocycles. The van der Waals surface area contributed by atoms with Crippen molar-refractivity contribution in [3.05, 3.63) is 24.3 Å². The van der Waals surface area contributed by atoms with E-state index in [0.29, 0.717) is 0 Å². The lowest BCUT2D eigenvalue weighted by atomic mass is 10.3. The fourth-order valence-corrected chi connectivity index (χ4v) is 2.06. The number of nitrogens with zero attached hydrogens (tertiary/aromatic N) is 1. The van der Waals surface area contributed by atoms with Gasteiger partial charge in [0.05, 0.1) is 0 Å². The second-order valence-electron chi connectivity index (χ2n) is 3.26. The van der Waals surface area contributed by atoms with E-state index in [-0.39, 0.29) is 5.30 Å². The van der Waals surface area contributed by atoms with E-state index in [1.807, 2.05) is 19.9 Å². The summed E-state index contributed by atoms with van der Waals surface area (Å²) in [5.74, 6) is 0. The average molecular weight is 230 g/mol. The summed E-state index contributed by atoms with van der Waals surface area (Å²) in [6, 6.07) is 6.72. The Bertz CT molecular complexity index is 321. The summed E-state index contributed by atoms with van der Waals surface area (Å²) in [5.41, 5.74) is 0.888. The van der Waals surface area contributed by atoms with Crippen molar-refractivity contribution in [2.45, 2.75) is 13.8 Å². The van der Waals surface area contributed by atoms with Gasteiger partial charge in [0.15, 0.2) is 5.30 Å². The van der Waals surface area contributed by atoms with Crippen LogP contribution in [0.25, 0.3) is 0 Å². The summed E-state index contributed by atoms with van der Waals surface area (Å²) in [6.07, 6.45) is 0. The van der Waals surface area contributed by atoms with Gasteiger partial charge in [-0.1, -0.05) is 6.07 Å². The minimum absolute atomic E-state index is 0.187. The number of benzene rings is 1. The van der Waals surface area contributed by atoms with Crippen molar-refractivity contribution in [2.75, 3.05) is 18.0 Å². The molecule has 0 aliphatic carbocycles. The van der Waals surface area contributed by atoms with E-state index in [0.717, 1.165) is 18.8 Å². The fourth-order valence-electron chi connectivity index (χ4n) is 1.47. The van der Waals surface area contributed by atoms with Crippen LogP contribution >= 0.6 is 7.94 Å². The molecule has 1 rings (SSSR count). The molecule has 0 fully saturated rings. The summed E-state index contributed by atoms with van der Waals surface area (Å²) in [7, 11) is -3.88. The lowest BCUT2D eigenvalue weighted by Crippen LogP contribution is -2.23. The van der Waals surface area contributed by atoms with E-state index in [1.54, 1.807) is 12.1 Å². The Morgan fingerprint density at radius 3 is 2.20 bits per heavy atom. The predicted molar refractivity (Wildman–Crippen MR) is 63.2 cm³/mol. The van der Waals surface area contributed by atoms with Gasteiger partial charge in [0, 0.05) is 24.8 Å². The zero-order valence-electron chi connectivity index (χ0n) is 8.96. The van der Waals surface area contributed by atoms with Gasteiger partial charge in [0.25, 0.3) is 0 Å². The summed E-state index contributed by atoms with van der Waals surface area (Å²) >= 11 is 0. The third-order valence-corrected chi connectivity index (χ3v) is 3.28. The maximum absolute atomic E-state index is 9.14. The summed E-state index contributed by atoms with van der Waals surface area (Å²) < 4.78 is 0. The van der Waals surface area contributed by atoms with Gasteiger partial charge in [-0.15, -0.1) is 0 Å². The van der Waals surface area contributed by atoms with E-state index < -0.39 is 7.94 Å². The van der Waals surface area contributed by atoms with Crippen molar-refractivity contribution < 1.29 is 14.7 Å². The first kappa shape index (κ1) is 12.4. The first-order chi connectivity index (χ1) is 6.99. The van der Waals surface area contributed by atoms with Crippen molar-refractivity contribution in [1.29, 1.82) is 0 Å². The van der Waals surface area contributed by atoms with Crippen LogP contribution in [0.1, 0.15) is 13.8 Å². The maximum atomic E-state index is 9.14. The molecule has 0 aliphatic rings. The molecule has 0 unspecified atom stereocenters. The zero-order chi connectivity index (χ0) is 11.5. The molecule has 5 heteroatoms. The molecule has 0 amide bonds. The molecule has 0 saturated heterocycles. The highest BCUT2D eigenvalue weighted by molar-refractivity contribution is 7.66. The molecule has 0 radical (unpaired) electrons. The Labute approximate surface area is 90.4 Å². The van der Waals surface area contributed by atoms with Crippen LogP contribution in [0.4, 0.5) is 5.69 Å². The molecule has 4 nitrogen and oxygen atoms in total. The summed E-state index contributed by atoms with van der Waals surface area (Å²) in [5, 5.41) is 0.187. The molecule has 84 valence electrons. The third-order valence-electron chi connectivity index (χ3n) is 2.30. The number of hydrogen-bond donors (Lipinski definition) is 3. The molecular weight excluding hydrogens is 213 g/mol. The van der Waals surface area contributed by atoms with Gasteiger partial charge < -0.3 is 4.90 Å². The van der Waals surface area contributed by atoms with Crippen LogP contribution in [0, 0.1) is 0 Å². The maximum Gasteiger partial charge on any atom is 0.441 e. The molecule has 1 aromatic carbocycles. The Balaban J connectivity index is 3.02. The topological polar surface area (TPSA) is 63.9 Å². The van der Waals surface area contributed by atoms with Crippen molar-refractivity contribution >= 4 is 18.9 Å². The highest BCUT2D eigenvalue weighted by atomic mass is 31.2. The standard InChI is InChI=1S/C10H17NO3P/c1-3-11(4-2)9-6-5-7-10(8-9)15(12,13)14/h5-8,12-14H,3-4H2,1-2H3/q+1. The molecule has 0 aromatic heterocycles. The summed E-state index contributed by atoms with van der Waals surface area (Å²) in [6.45, 7) is 5.73. The Kier molecular flexibility index (Phi) is 4.05. The quantitative estimate of drug-likeness (QED) is 0.672. The SMILES string of the molecule is CCN(CC)c1cccc([P+](O)(O)O)c1. The second-order valence-corrected chi connectivity index (χ2v) is 4.91. The van der Waals surface area contributed by atoms with Gasteiger partial charge in [-0.2, -0.15) is 14.7 Å². The Morgan fingerprint density at radius 1 is 1.13 bits per heavy atom. The highest BCUT2D eigenvalue weighted by Gasteiger charge is 2.34. The molecular formula is C10H17NO3P+. The van der Waals surface area contributed by atoms with Crippen LogP contribution in [-0.4, -0.2) is 27.8 Å². The largest absolute Gasteiger partial charge is 0.441 e. The third kappa shape index (κ3) is 3.14. The van der Waals surface area contributed by atoms with Crippen LogP contribution in [0.3, 0.4) is 0 Å². The lowest BCUT2D eigenvalue weighted by Gasteiger charge is -2.21. The molecule has 3 N–H and O–H groups in total. The Morgan fingerprint density at radius 2 is 1.73 bits per heavy atom. The van der Waals surface area contributed by atoms with Crippen molar-refractivity contribution in [3.8, 4) is 0 Å². The van der Waals surface area contributed by atoms with Crippen LogP contribution in [0.15, 0.2) is 24.3 Å². The first-order valence-electron chi connectivity index (χ1n) is 4.92. The van der Waals surface area contributed by atoms with Crippen LogP contribution in [0.2, 0.25) is 0 Å². The van der Waals surface area contributed by atoms with Gasteiger partial charge in [-0.25, -0.2) is 0 Å². The second kappa shape index (κ2) is 4.90. The van der Waals surface area contributed by atoms with Crippen LogP contribution < -0.4 is 10.2 Å². The van der Waals surface area contributed by atoms with E-state index in [9.17, 15) is 0 Å². The van der Waals surface area contributed by atoms with Gasteiger partial charge in [-0.05, 0) is 26.0 Å². The number of hydrogen-bond acceptors (Lipinski definition) is 4. The first-order valence-corrected chi connectivity index (χ1v) is 6.56. The minimum Gasteiger partial charge on any atom is -0.372 e. The monoisotopic (exact) mass is 230 g/mol. The van der Waals surface area contributed by atoms with Gasteiger partial charge in [0.2, 0.25) is 0 Å². The van der Waals surface area contributed by atoms with Crippen molar-refractivity contribution in [1.82, 2.24) is 0 Å². The van der Waals surface area contributed by atoms with E-state index in [4.69, 9.17) is 14.7 Å². The predicted octanol–water partition coefficient (Wildman–Crippen LogP) is 0.898. The van der Waals surface area contributed by atoms with E-state index >= 15 is 0 Å². The molecule has 15 heavy (non-hydrogen) atoms. The van der Waals surface area contributed by atoms with Gasteiger partial charge in [0.1, 0.15) is 0 Å². The lowest BCUT2D eigenvalue weighted by molar-refractivity contribution is 0.347. The Hall–Kier alpha value is -0.670. The fraction of sp³-hybridized carbons (Fsp3) is 0.400. The van der Waals surface area contributed by atoms with E-state index in [2.05, 4.69) is 4.90 Å². The summed E-state index contributed by atoms with van der Waals surface area (Å²) in [4.78, 5) is 29.5. The normalized spacial score (nSPS) is 11.5. The number of rotatable bonds is 4. The molecule has 0 heterocycles. The molecule has 1 aromatic rings. The molecule has 0 bridgehead atoms. The zero-order valence-corrected chi connectivity index (χ0v) is 9.85. The minimum atomic E-state index is -3.88. The smallest absolute Gasteiger partial charge is 0.372 e. The molecule has 0 atom stereocenters. The number of anilines is 1.